The van der Waals surface area contributed by atoms with Crippen LogP contribution < -0.4 is 19.8 Å². The lowest BCUT2D eigenvalue weighted by Crippen LogP contribution is -2.41. The monoisotopic (exact) mass is 543 g/mol. The number of methoxy groups -OCH3 is 1. The van der Waals surface area contributed by atoms with Gasteiger partial charge in [0.15, 0.2) is 4.80 Å². The Labute approximate surface area is 231 Å². The molecule has 3 aromatic rings. The molecule has 5 rings (SSSR count). The largest absolute Gasteiger partial charge is 0.466 e. The smallest absolute Gasteiger partial charge is 0.338 e. The first-order chi connectivity index (χ1) is 18.6. The molecule has 0 unspecified atom stereocenters. The number of ether oxygens (including phenoxy) is 1. The lowest BCUT2D eigenvalue weighted by atomic mass is 9.85. The van der Waals surface area contributed by atoms with E-state index in [-0.39, 0.29) is 16.9 Å². The number of esters is 1. The summed E-state index contributed by atoms with van der Waals surface area (Å²) < 4.78 is 7.01. The van der Waals surface area contributed by atoms with E-state index < -0.39 is 12.0 Å². The summed E-state index contributed by atoms with van der Waals surface area (Å²) in [4.78, 5) is 47.8. The van der Waals surface area contributed by atoms with Crippen LogP contribution in [0.2, 0.25) is 0 Å². The number of para-hydroxylation sites is 1. The molecule has 0 fully saturated rings. The standard InChI is InChI=1S/C31H33N3O4S/c1-7-8-17-33-22-12-10-9-11-21(22)24(27(33)35)26-28(36)34-25(19-13-15-20(16-14-19)31(3,4)5)23(29(37)38-6)18(2)32-30(34)39-26/h9-16,25H,7-8,17H2,1-6H3/b26-24-/t25-/m1/s1. The Morgan fingerprint density at radius 3 is 2.41 bits per heavy atom. The molecule has 1 amide bonds. The number of aromatic nitrogens is 1. The number of unbranched alkanes of at least 4 members (excludes halogenated alkanes) is 1. The lowest BCUT2D eigenvalue weighted by molar-refractivity contribution is -0.136. The van der Waals surface area contributed by atoms with Gasteiger partial charge in [0, 0.05) is 12.1 Å². The van der Waals surface area contributed by atoms with E-state index in [1.807, 2.05) is 48.5 Å². The number of amides is 1. The third-order valence-corrected chi connectivity index (χ3v) is 8.43. The summed E-state index contributed by atoms with van der Waals surface area (Å²) in [5.74, 6) is -0.711. The molecule has 7 nitrogen and oxygen atoms in total. The SMILES string of the molecule is CCCCN1C(=O)/C(=c2\sc3n(c2=O)[C@H](c2ccc(C(C)(C)C)cc2)C(C(=O)OC)=C(C)N=3)c2ccccc21. The highest BCUT2D eigenvalue weighted by Crippen LogP contribution is 2.36. The molecular formula is C31H33N3O4S. The molecule has 39 heavy (non-hydrogen) atoms. The molecule has 2 aliphatic heterocycles. The third kappa shape index (κ3) is 4.46. The van der Waals surface area contributed by atoms with E-state index in [1.165, 1.54) is 18.4 Å². The average molecular weight is 544 g/mol. The van der Waals surface area contributed by atoms with Gasteiger partial charge in [0.1, 0.15) is 4.53 Å². The molecule has 1 aromatic heterocycles. The van der Waals surface area contributed by atoms with Crippen LogP contribution in [0.3, 0.4) is 0 Å². The van der Waals surface area contributed by atoms with Crippen LogP contribution in [0.25, 0.3) is 5.57 Å². The number of nitrogens with zero attached hydrogens (tertiary/aromatic N) is 3. The molecule has 202 valence electrons. The summed E-state index contributed by atoms with van der Waals surface area (Å²) in [6.07, 6.45) is 1.81. The molecule has 0 saturated carbocycles. The van der Waals surface area contributed by atoms with Crippen LogP contribution in [0.5, 0.6) is 0 Å². The van der Waals surface area contributed by atoms with Crippen LogP contribution in [0.4, 0.5) is 5.69 Å². The Bertz CT molecular complexity index is 1690. The second-order valence-electron chi connectivity index (χ2n) is 11.0. The molecule has 0 aliphatic carbocycles. The summed E-state index contributed by atoms with van der Waals surface area (Å²) in [6.45, 7) is 10.8. The number of benzene rings is 2. The molecular weight excluding hydrogens is 510 g/mol. The predicted octanol–water partition coefficient (Wildman–Crippen LogP) is 4.22. The van der Waals surface area contributed by atoms with E-state index in [9.17, 15) is 14.4 Å². The number of hydrogen-bond donors (Lipinski definition) is 0. The molecule has 0 radical (unpaired) electrons. The summed E-state index contributed by atoms with van der Waals surface area (Å²) in [7, 11) is 1.33. The van der Waals surface area contributed by atoms with Crippen molar-refractivity contribution in [2.24, 2.45) is 4.99 Å². The van der Waals surface area contributed by atoms with Crippen LogP contribution >= 0.6 is 11.3 Å². The van der Waals surface area contributed by atoms with Gasteiger partial charge in [-0.15, -0.1) is 0 Å². The van der Waals surface area contributed by atoms with Crippen molar-refractivity contribution in [3.8, 4) is 0 Å². The maximum absolute atomic E-state index is 14.2. The Morgan fingerprint density at radius 2 is 1.77 bits per heavy atom. The minimum atomic E-state index is -0.722. The molecule has 0 N–H and O–H groups in total. The zero-order valence-corrected chi connectivity index (χ0v) is 24.0. The van der Waals surface area contributed by atoms with E-state index in [4.69, 9.17) is 4.74 Å². The topological polar surface area (TPSA) is 81.0 Å². The van der Waals surface area contributed by atoms with Crippen molar-refractivity contribution < 1.29 is 14.3 Å². The van der Waals surface area contributed by atoms with Gasteiger partial charge in [-0.05, 0) is 36.0 Å². The first kappa shape index (κ1) is 26.8. The van der Waals surface area contributed by atoms with Gasteiger partial charge in [0.05, 0.1) is 35.7 Å². The maximum Gasteiger partial charge on any atom is 0.338 e. The molecule has 0 saturated heterocycles. The molecule has 8 heteroatoms. The van der Waals surface area contributed by atoms with Crippen LogP contribution in [0.1, 0.15) is 70.2 Å². The summed E-state index contributed by atoms with van der Waals surface area (Å²) in [5, 5.41) is 0. The van der Waals surface area contributed by atoms with E-state index in [0.29, 0.717) is 32.7 Å². The number of fused-ring (bicyclic) bond motifs is 2. The average Bonchev–Trinajstić information content (AvgIpc) is 3.37. The maximum atomic E-state index is 14.2. The number of anilines is 1. The van der Waals surface area contributed by atoms with Gasteiger partial charge in [-0.2, -0.15) is 0 Å². The van der Waals surface area contributed by atoms with Crippen LogP contribution in [-0.2, 0) is 19.7 Å². The van der Waals surface area contributed by atoms with Crippen molar-refractivity contribution in [1.29, 1.82) is 0 Å². The summed E-state index contributed by atoms with van der Waals surface area (Å²) in [6, 6.07) is 14.8. The number of thiazole rings is 1. The molecule has 2 aromatic carbocycles. The van der Waals surface area contributed by atoms with Crippen molar-refractivity contribution in [1.82, 2.24) is 4.57 Å². The zero-order chi connectivity index (χ0) is 28.1. The quantitative estimate of drug-likeness (QED) is 0.452. The van der Waals surface area contributed by atoms with Crippen molar-refractivity contribution in [2.75, 3.05) is 18.6 Å². The number of hydrogen-bond acceptors (Lipinski definition) is 6. The van der Waals surface area contributed by atoms with Gasteiger partial charge in [-0.1, -0.05) is 87.9 Å². The number of carbonyl (C=O) groups is 2. The van der Waals surface area contributed by atoms with Gasteiger partial charge in [0.25, 0.3) is 11.5 Å². The second-order valence-corrected chi connectivity index (χ2v) is 11.9. The minimum absolute atomic E-state index is 0.0502. The molecule has 0 bridgehead atoms. The van der Waals surface area contributed by atoms with Crippen LogP contribution in [-0.4, -0.2) is 30.1 Å². The number of carbonyl (C=O) groups excluding carboxylic acids is 2. The van der Waals surface area contributed by atoms with Crippen LogP contribution in [0, 0.1) is 0 Å². The fourth-order valence-corrected chi connectivity index (χ4v) is 6.40. The fraction of sp³-hybridized carbons (Fsp3) is 0.355. The minimum Gasteiger partial charge on any atom is -0.466 e. The van der Waals surface area contributed by atoms with Gasteiger partial charge in [-0.25, -0.2) is 9.79 Å². The van der Waals surface area contributed by atoms with Gasteiger partial charge >= 0.3 is 5.97 Å². The lowest BCUT2D eigenvalue weighted by Gasteiger charge is -2.25. The van der Waals surface area contributed by atoms with Crippen LogP contribution in [0.15, 0.2) is 69.6 Å². The van der Waals surface area contributed by atoms with Gasteiger partial charge in [0.2, 0.25) is 0 Å². The Morgan fingerprint density at radius 1 is 1.08 bits per heavy atom. The van der Waals surface area contributed by atoms with Gasteiger partial charge < -0.3 is 9.64 Å². The van der Waals surface area contributed by atoms with Crippen molar-refractivity contribution in [3.05, 3.63) is 96.2 Å². The second kappa shape index (κ2) is 10.1. The highest BCUT2D eigenvalue weighted by Gasteiger charge is 2.37. The van der Waals surface area contributed by atoms with Crippen molar-refractivity contribution >= 4 is 34.5 Å². The number of rotatable bonds is 5. The first-order valence-electron chi connectivity index (χ1n) is 13.2. The Kier molecular flexibility index (Phi) is 6.93. The van der Waals surface area contributed by atoms with E-state index in [1.54, 1.807) is 16.4 Å². The summed E-state index contributed by atoms with van der Waals surface area (Å²) >= 11 is 1.20. The predicted molar refractivity (Wildman–Crippen MR) is 154 cm³/mol. The van der Waals surface area contributed by atoms with E-state index in [2.05, 4.69) is 32.7 Å². The Hall–Kier alpha value is -3.78. The van der Waals surface area contributed by atoms with E-state index in [0.717, 1.165) is 35.2 Å². The third-order valence-electron chi connectivity index (χ3n) is 7.38. The highest BCUT2D eigenvalue weighted by molar-refractivity contribution is 7.07. The zero-order valence-electron chi connectivity index (χ0n) is 23.2. The summed E-state index contributed by atoms with van der Waals surface area (Å²) in [5.41, 5.74) is 4.29. The normalized spacial score (nSPS) is 18.2. The van der Waals surface area contributed by atoms with Gasteiger partial charge in [-0.3, -0.25) is 14.2 Å². The van der Waals surface area contributed by atoms with Crippen molar-refractivity contribution in [2.45, 2.75) is 58.9 Å². The fourth-order valence-electron chi connectivity index (χ4n) is 5.26. The van der Waals surface area contributed by atoms with E-state index >= 15 is 0 Å². The molecule has 0 spiro atoms. The molecule has 3 heterocycles. The molecule has 1 atom stereocenters. The first-order valence-corrected chi connectivity index (χ1v) is 14.0. The highest BCUT2D eigenvalue weighted by atomic mass is 32.1. The Balaban J connectivity index is 1.77. The number of allylic oxidation sites excluding steroid dienone is 1. The molecule has 2 aliphatic rings. The van der Waals surface area contributed by atoms with Crippen molar-refractivity contribution in [3.63, 3.8) is 0 Å².